The number of amides is 2. The molecule has 0 aliphatic heterocycles. The van der Waals surface area contributed by atoms with Crippen molar-refractivity contribution in [2.45, 2.75) is 20.0 Å². The predicted molar refractivity (Wildman–Crippen MR) is 164 cm³/mol. The van der Waals surface area contributed by atoms with Crippen LogP contribution in [-0.4, -0.2) is 55.3 Å². The summed E-state index contributed by atoms with van der Waals surface area (Å²) in [6, 6.07) is 19.7. The molecule has 0 radical (unpaired) electrons. The summed E-state index contributed by atoms with van der Waals surface area (Å²) < 4.78 is 18.3. The van der Waals surface area contributed by atoms with Crippen LogP contribution in [0.4, 0.5) is 5.69 Å². The van der Waals surface area contributed by atoms with Gasteiger partial charge in [0.1, 0.15) is 22.5 Å². The number of ether oxygens (including phenoxy) is 2. The zero-order chi connectivity index (χ0) is 30.3. The van der Waals surface area contributed by atoms with Crippen LogP contribution in [0.15, 0.2) is 75.9 Å². The number of hydrogen-bond donors (Lipinski definition) is 3. The van der Waals surface area contributed by atoms with Gasteiger partial charge in [0.25, 0.3) is 5.91 Å². The largest absolute Gasteiger partial charge is 0.497 e. The molecule has 5 aromatic rings. The smallest absolute Gasteiger partial charge is 0.348 e. The highest BCUT2D eigenvalue weighted by atomic mass is 16.5. The number of rotatable bonds is 12. The second kappa shape index (κ2) is 13.3. The fourth-order valence-corrected chi connectivity index (χ4v) is 4.76. The maximum absolute atomic E-state index is 13.2. The van der Waals surface area contributed by atoms with Crippen LogP contribution in [0.2, 0.25) is 0 Å². The molecule has 0 spiro atoms. The van der Waals surface area contributed by atoms with Crippen molar-refractivity contribution in [2.75, 3.05) is 39.2 Å². The van der Waals surface area contributed by atoms with Gasteiger partial charge < -0.3 is 29.8 Å². The molecule has 0 saturated carbocycles. The van der Waals surface area contributed by atoms with E-state index in [1.807, 2.05) is 31.2 Å². The van der Waals surface area contributed by atoms with Gasteiger partial charge in [-0.1, -0.05) is 31.2 Å². The van der Waals surface area contributed by atoms with Gasteiger partial charge in [-0.05, 0) is 54.6 Å². The number of methoxy groups -OCH3 is 2. The first-order chi connectivity index (χ1) is 20.9. The van der Waals surface area contributed by atoms with Crippen molar-refractivity contribution in [3.63, 3.8) is 0 Å². The van der Waals surface area contributed by atoms with Crippen LogP contribution >= 0.6 is 0 Å². The molecule has 5 rings (SSSR count). The summed E-state index contributed by atoms with van der Waals surface area (Å²) in [6.07, 6.45) is 0. The lowest BCUT2D eigenvalue weighted by Crippen LogP contribution is -2.27. The average molecular weight is 584 g/mol. The molecule has 0 unspecified atom stereocenters. The molecule has 0 bridgehead atoms. The number of carbonyl (C=O) groups excluding carboxylic acids is 2. The van der Waals surface area contributed by atoms with Crippen molar-refractivity contribution >= 4 is 39.6 Å². The minimum absolute atomic E-state index is 0.156. The van der Waals surface area contributed by atoms with E-state index in [0.29, 0.717) is 70.0 Å². The molecule has 222 valence electrons. The molecule has 3 aromatic carbocycles. The topological polar surface area (TPSA) is 137 Å². The second-order valence-corrected chi connectivity index (χ2v) is 9.82. The SMILES string of the molecule is CCNCC(=O)Nc1ccc(-c2nc(=O)n(CCOC)c3c2oc2cc(C(=O)NCc4cccc(OC)c4)ccc23)cc1. The summed E-state index contributed by atoms with van der Waals surface area (Å²) in [5, 5.41) is 9.41. The Kier molecular flexibility index (Phi) is 9.14. The van der Waals surface area contributed by atoms with Gasteiger partial charge in [0.05, 0.1) is 26.8 Å². The maximum Gasteiger partial charge on any atom is 0.348 e. The number of benzene rings is 3. The van der Waals surface area contributed by atoms with E-state index in [0.717, 1.165) is 5.56 Å². The second-order valence-electron chi connectivity index (χ2n) is 9.82. The number of furan rings is 1. The monoisotopic (exact) mass is 583 g/mol. The molecule has 2 aromatic heterocycles. The molecule has 11 nitrogen and oxygen atoms in total. The first kappa shape index (κ1) is 29.5. The zero-order valence-corrected chi connectivity index (χ0v) is 24.2. The van der Waals surface area contributed by atoms with E-state index in [-0.39, 0.29) is 24.9 Å². The van der Waals surface area contributed by atoms with Gasteiger partial charge in [-0.2, -0.15) is 4.98 Å². The number of anilines is 1. The van der Waals surface area contributed by atoms with Crippen molar-refractivity contribution in [3.05, 3.63) is 88.3 Å². The Bertz CT molecular complexity index is 1830. The lowest BCUT2D eigenvalue weighted by atomic mass is 10.1. The molecule has 0 fully saturated rings. The molecule has 3 N–H and O–H groups in total. The van der Waals surface area contributed by atoms with E-state index < -0.39 is 5.69 Å². The highest BCUT2D eigenvalue weighted by Gasteiger charge is 2.21. The van der Waals surface area contributed by atoms with E-state index >= 15 is 0 Å². The summed E-state index contributed by atoms with van der Waals surface area (Å²) in [6.45, 7) is 3.72. The Morgan fingerprint density at radius 1 is 1.02 bits per heavy atom. The van der Waals surface area contributed by atoms with E-state index in [1.54, 1.807) is 56.7 Å². The third-order valence-electron chi connectivity index (χ3n) is 6.93. The lowest BCUT2D eigenvalue weighted by molar-refractivity contribution is -0.115. The molecule has 2 heterocycles. The number of nitrogens with zero attached hydrogens (tertiary/aromatic N) is 2. The van der Waals surface area contributed by atoms with E-state index in [9.17, 15) is 14.4 Å². The van der Waals surface area contributed by atoms with Crippen molar-refractivity contribution < 1.29 is 23.5 Å². The van der Waals surface area contributed by atoms with Crippen molar-refractivity contribution in [1.29, 1.82) is 0 Å². The third-order valence-corrected chi connectivity index (χ3v) is 6.93. The minimum atomic E-state index is -0.453. The quantitative estimate of drug-likeness (QED) is 0.201. The molecule has 11 heteroatoms. The van der Waals surface area contributed by atoms with Gasteiger partial charge in [-0.3, -0.25) is 14.2 Å². The van der Waals surface area contributed by atoms with Crippen LogP contribution in [0, 0.1) is 0 Å². The van der Waals surface area contributed by atoms with E-state index in [4.69, 9.17) is 13.9 Å². The number of fused-ring (bicyclic) bond motifs is 3. The van der Waals surface area contributed by atoms with E-state index in [2.05, 4.69) is 20.9 Å². The highest BCUT2D eigenvalue weighted by Crippen LogP contribution is 2.34. The third kappa shape index (κ3) is 6.58. The van der Waals surface area contributed by atoms with Crippen molar-refractivity contribution in [2.24, 2.45) is 0 Å². The standard InChI is InChI=1S/C32H33N5O6/c1-4-33-19-27(38)35-23-11-8-21(9-12-23)28-30-29(37(14-15-41-2)32(40)36-28)25-13-10-22(17-26(25)43-30)31(39)34-18-20-6-5-7-24(16-20)42-3/h5-13,16-17,33H,4,14-15,18-19H2,1-3H3,(H,34,39)(H,35,38). The first-order valence-electron chi connectivity index (χ1n) is 13.9. The Morgan fingerprint density at radius 3 is 2.58 bits per heavy atom. The molecule has 0 atom stereocenters. The Balaban J connectivity index is 1.49. The van der Waals surface area contributed by atoms with Crippen LogP contribution in [0.25, 0.3) is 33.3 Å². The molecule has 2 amide bonds. The molecular weight excluding hydrogens is 550 g/mol. The molecule has 0 saturated heterocycles. The van der Waals surface area contributed by atoms with Crippen LogP contribution < -0.4 is 26.4 Å². The minimum Gasteiger partial charge on any atom is -0.497 e. The summed E-state index contributed by atoms with van der Waals surface area (Å²) in [5.74, 6) is 0.284. The van der Waals surface area contributed by atoms with Gasteiger partial charge in [-0.15, -0.1) is 0 Å². The number of carbonyl (C=O) groups is 2. The molecule has 0 aliphatic carbocycles. The first-order valence-corrected chi connectivity index (χ1v) is 13.9. The molecular formula is C32H33N5O6. The zero-order valence-electron chi connectivity index (χ0n) is 24.2. The number of nitrogens with one attached hydrogen (secondary N) is 3. The van der Waals surface area contributed by atoms with Gasteiger partial charge in [0.2, 0.25) is 5.91 Å². The Labute approximate surface area is 247 Å². The fraction of sp³-hybridized carbons (Fsp3) is 0.250. The number of hydrogen-bond acceptors (Lipinski definition) is 8. The lowest BCUT2D eigenvalue weighted by Gasteiger charge is -2.10. The van der Waals surface area contributed by atoms with E-state index in [1.165, 1.54) is 4.57 Å². The van der Waals surface area contributed by atoms with Crippen molar-refractivity contribution in [3.8, 4) is 17.0 Å². The number of likely N-dealkylation sites (N-methyl/N-ethyl adjacent to an activating group) is 1. The van der Waals surface area contributed by atoms with Gasteiger partial charge in [0.15, 0.2) is 5.58 Å². The van der Waals surface area contributed by atoms with Crippen LogP contribution in [0.5, 0.6) is 5.75 Å². The fourth-order valence-electron chi connectivity index (χ4n) is 4.76. The summed E-state index contributed by atoms with van der Waals surface area (Å²) in [7, 11) is 3.16. The Morgan fingerprint density at radius 2 is 1.84 bits per heavy atom. The van der Waals surface area contributed by atoms with Gasteiger partial charge in [-0.25, -0.2) is 4.79 Å². The molecule has 0 aliphatic rings. The average Bonchev–Trinajstić information content (AvgIpc) is 3.41. The van der Waals surface area contributed by atoms with Crippen molar-refractivity contribution in [1.82, 2.24) is 20.2 Å². The summed E-state index contributed by atoms with van der Waals surface area (Å²) in [5.41, 5.74) is 3.88. The Hall–Kier alpha value is -5.00. The number of aromatic nitrogens is 2. The normalized spacial score (nSPS) is 11.1. The predicted octanol–water partition coefficient (Wildman–Crippen LogP) is 3.94. The van der Waals surface area contributed by atoms with Gasteiger partial charge >= 0.3 is 5.69 Å². The maximum atomic E-state index is 13.2. The van der Waals surface area contributed by atoms with Crippen LogP contribution in [0.3, 0.4) is 0 Å². The summed E-state index contributed by atoms with van der Waals surface area (Å²) in [4.78, 5) is 42.7. The van der Waals surface area contributed by atoms with Gasteiger partial charge in [0, 0.05) is 35.9 Å². The summed E-state index contributed by atoms with van der Waals surface area (Å²) >= 11 is 0. The molecule has 43 heavy (non-hydrogen) atoms. The van der Waals surface area contributed by atoms with Crippen LogP contribution in [-0.2, 0) is 22.6 Å². The highest BCUT2D eigenvalue weighted by molar-refractivity contribution is 6.09. The van der Waals surface area contributed by atoms with Crippen LogP contribution in [0.1, 0.15) is 22.8 Å².